The molecule has 6 nitrogen and oxygen atoms in total. The molecule has 1 fully saturated rings. The zero-order chi connectivity index (χ0) is 21.5. The van der Waals surface area contributed by atoms with E-state index in [9.17, 15) is 4.79 Å². The Morgan fingerprint density at radius 1 is 1.19 bits per heavy atom. The molecule has 0 radical (unpaired) electrons. The van der Waals surface area contributed by atoms with Gasteiger partial charge in [0.1, 0.15) is 0 Å². The Bertz CT molecular complexity index is 986. The third kappa shape index (κ3) is 5.40. The molecular weight excluding hydrogens is 390 g/mol. The molecule has 31 heavy (non-hydrogen) atoms. The maximum atomic E-state index is 11.9. The van der Waals surface area contributed by atoms with Crippen molar-refractivity contribution in [3.05, 3.63) is 77.6 Å². The molecule has 1 aliphatic rings. The van der Waals surface area contributed by atoms with Crippen LogP contribution in [0.15, 0.2) is 60.8 Å². The van der Waals surface area contributed by atoms with Gasteiger partial charge in [-0.05, 0) is 42.6 Å². The molecule has 1 aliphatic heterocycles. The summed E-state index contributed by atoms with van der Waals surface area (Å²) >= 11 is 0. The fourth-order valence-electron chi connectivity index (χ4n) is 4.22. The van der Waals surface area contributed by atoms with Crippen molar-refractivity contribution in [2.75, 3.05) is 33.4 Å². The van der Waals surface area contributed by atoms with Crippen molar-refractivity contribution >= 4 is 5.97 Å². The molecule has 0 spiro atoms. The van der Waals surface area contributed by atoms with Gasteiger partial charge in [-0.2, -0.15) is 5.10 Å². The van der Waals surface area contributed by atoms with Crippen molar-refractivity contribution in [3.8, 4) is 11.1 Å². The predicted molar refractivity (Wildman–Crippen MR) is 120 cm³/mol. The second kappa shape index (κ2) is 10.4. The zero-order valence-corrected chi connectivity index (χ0v) is 17.9. The van der Waals surface area contributed by atoms with E-state index in [1.807, 2.05) is 42.6 Å². The van der Waals surface area contributed by atoms with Crippen LogP contribution in [0.1, 0.15) is 40.4 Å². The number of esters is 1. The van der Waals surface area contributed by atoms with Crippen molar-refractivity contribution in [2.24, 2.45) is 0 Å². The highest BCUT2D eigenvalue weighted by Crippen LogP contribution is 2.33. The lowest BCUT2D eigenvalue weighted by Crippen LogP contribution is -2.36. The first-order valence-corrected chi connectivity index (χ1v) is 10.8. The van der Waals surface area contributed by atoms with Crippen LogP contribution >= 0.6 is 0 Å². The van der Waals surface area contributed by atoms with Gasteiger partial charge in [0, 0.05) is 30.3 Å². The molecule has 0 aliphatic carbocycles. The van der Waals surface area contributed by atoms with Gasteiger partial charge in [0.05, 0.1) is 32.1 Å². The summed E-state index contributed by atoms with van der Waals surface area (Å²) in [6.07, 6.45) is 4.12. The van der Waals surface area contributed by atoms with Crippen LogP contribution in [-0.4, -0.2) is 54.4 Å². The van der Waals surface area contributed by atoms with E-state index in [-0.39, 0.29) is 5.97 Å². The van der Waals surface area contributed by atoms with E-state index in [0.717, 1.165) is 55.9 Å². The maximum Gasteiger partial charge on any atom is 0.337 e. The predicted octanol–water partition coefficient (Wildman–Crippen LogP) is 4.26. The molecule has 162 valence electrons. The number of aromatic nitrogens is 2. The second-order valence-electron chi connectivity index (χ2n) is 7.95. The quantitative estimate of drug-likeness (QED) is 0.437. The van der Waals surface area contributed by atoms with Crippen LogP contribution in [-0.2, 0) is 16.1 Å². The first-order chi connectivity index (χ1) is 15.2. The van der Waals surface area contributed by atoms with Crippen molar-refractivity contribution in [1.29, 1.82) is 0 Å². The SMILES string of the molecule is COC(=O)c1cccc(-c2cn[nH]c2[C@@H]2CCCN(CCOCc3ccccc3)C2)c1. The van der Waals surface area contributed by atoms with Crippen LogP contribution in [0.5, 0.6) is 0 Å². The fraction of sp³-hybridized carbons (Fsp3) is 0.360. The molecule has 6 heteroatoms. The minimum atomic E-state index is -0.328. The van der Waals surface area contributed by atoms with E-state index < -0.39 is 0 Å². The second-order valence-corrected chi connectivity index (χ2v) is 7.95. The molecule has 1 N–H and O–H groups in total. The van der Waals surface area contributed by atoms with Crippen LogP contribution in [0.25, 0.3) is 11.1 Å². The Kier molecular flexibility index (Phi) is 7.12. The summed E-state index contributed by atoms with van der Waals surface area (Å²) in [7, 11) is 1.40. The number of benzene rings is 2. The van der Waals surface area contributed by atoms with E-state index >= 15 is 0 Å². The topological polar surface area (TPSA) is 67.5 Å². The number of nitrogens with one attached hydrogen (secondary N) is 1. The number of hydrogen-bond donors (Lipinski definition) is 1. The molecule has 3 aromatic rings. The molecule has 2 aromatic carbocycles. The van der Waals surface area contributed by atoms with Crippen LogP contribution < -0.4 is 0 Å². The maximum absolute atomic E-state index is 11.9. The Balaban J connectivity index is 1.37. The molecule has 0 unspecified atom stereocenters. The number of ether oxygens (including phenoxy) is 2. The Morgan fingerprint density at radius 3 is 2.90 bits per heavy atom. The molecule has 1 aromatic heterocycles. The summed E-state index contributed by atoms with van der Waals surface area (Å²) in [6, 6.07) is 17.8. The summed E-state index contributed by atoms with van der Waals surface area (Å²) in [5, 5.41) is 7.54. The minimum Gasteiger partial charge on any atom is -0.465 e. The molecule has 4 rings (SSSR count). The van der Waals surface area contributed by atoms with E-state index in [1.165, 1.54) is 12.7 Å². The normalized spacial score (nSPS) is 16.9. The smallest absolute Gasteiger partial charge is 0.337 e. The number of carbonyl (C=O) groups is 1. The highest BCUT2D eigenvalue weighted by molar-refractivity contribution is 5.91. The number of nitrogens with zero attached hydrogens (tertiary/aromatic N) is 2. The largest absolute Gasteiger partial charge is 0.465 e. The molecular formula is C25H29N3O3. The number of aromatic amines is 1. The Labute approximate surface area is 183 Å². The minimum absolute atomic E-state index is 0.328. The average molecular weight is 420 g/mol. The number of piperidine rings is 1. The summed E-state index contributed by atoms with van der Waals surface area (Å²) in [4.78, 5) is 14.4. The first-order valence-electron chi connectivity index (χ1n) is 10.8. The van der Waals surface area contributed by atoms with Gasteiger partial charge < -0.3 is 14.4 Å². The van der Waals surface area contributed by atoms with Crippen LogP contribution in [0.4, 0.5) is 0 Å². The van der Waals surface area contributed by atoms with Crippen LogP contribution in [0.2, 0.25) is 0 Å². The molecule has 2 heterocycles. The van der Waals surface area contributed by atoms with Gasteiger partial charge in [0.15, 0.2) is 0 Å². The number of likely N-dealkylation sites (tertiary alicyclic amines) is 1. The summed E-state index contributed by atoms with van der Waals surface area (Å²) in [5.41, 5.74) is 4.92. The molecule has 0 bridgehead atoms. The van der Waals surface area contributed by atoms with Gasteiger partial charge in [-0.15, -0.1) is 0 Å². The van der Waals surface area contributed by atoms with Gasteiger partial charge >= 0.3 is 5.97 Å². The molecule has 0 amide bonds. The van der Waals surface area contributed by atoms with Gasteiger partial charge in [0.2, 0.25) is 0 Å². The monoisotopic (exact) mass is 419 g/mol. The lowest BCUT2D eigenvalue weighted by molar-refractivity contribution is 0.0601. The summed E-state index contributed by atoms with van der Waals surface area (Å²) in [5.74, 6) is 0.0494. The third-order valence-electron chi connectivity index (χ3n) is 5.84. The number of carbonyl (C=O) groups excluding carboxylic acids is 1. The first kappa shape index (κ1) is 21.3. The van der Waals surface area contributed by atoms with Crippen LogP contribution in [0, 0.1) is 0 Å². The summed E-state index contributed by atoms with van der Waals surface area (Å²) < 4.78 is 10.7. The van der Waals surface area contributed by atoms with Crippen LogP contribution in [0.3, 0.4) is 0 Å². The van der Waals surface area contributed by atoms with E-state index in [4.69, 9.17) is 9.47 Å². The molecule has 0 saturated carbocycles. The van der Waals surface area contributed by atoms with Gasteiger partial charge in [-0.3, -0.25) is 5.10 Å². The zero-order valence-electron chi connectivity index (χ0n) is 17.9. The highest BCUT2D eigenvalue weighted by Gasteiger charge is 2.25. The average Bonchev–Trinajstić information content (AvgIpc) is 3.32. The third-order valence-corrected chi connectivity index (χ3v) is 5.84. The summed E-state index contributed by atoms with van der Waals surface area (Å²) in [6.45, 7) is 4.36. The molecule has 1 atom stereocenters. The number of H-pyrrole nitrogens is 1. The van der Waals surface area contributed by atoms with Crippen molar-refractivity contribution in [3.63, 3.8) is 0 Å². The fourth-order valence-corrected chi connectivity index (χ4v) is 4.22. The number of hydrogen-bond acceptors (Lipinski definition) is 5. The van der Waals surface area contributed by atoms with E-state index in [0.29, 0.717) is 18.1 Å². The van der Waals surface area contributed by atoms with Crippen molar-refractivity contribution in [1.82, 2.24) is 15.1 Å². The Hall–Kier alpha value is -2.96. The van der Waals surface area contributed by atoms with Gasteiger partial charge in [0.25, 0.3) is 0 Å². The standard InChI is InChI=1S/C25H29N3O3/c1-30-25(29)21-10-5-9-20(15-21)23-16-26-27-24(23)22-11-6-12-28(17-22)13-14-31-18-19-7-3-2-4-8-19/h2-5,7-10,15-16,22H,6,11-14,17-18H2,1H3,(H,26,27)/t22-/m1/s1. The number of methoxy groups -OCH3 is 1. The molecule has 1 saturated heterocycles. The lowest BCUT2D eigenvalue weighted by Gasteiger charge is -2.32. The van der Waals surface area contributed by atoms with E-state index in [1.54, 1.807) is 6.07 Å². The van der Waals surface area contributed by atoms with Gasteiger partial charge in [-0.25, -0.2) is 4.79 Å². The van der Waals surface area contributed by atoms with Crippen molar-refractivity contribution < 1.29 is 14.3 Å². The lowest BCUT2D eigenvalue weighted by atomic mass is 9.90. The van der Waals surface area contributed by atoms with E-state index in [2.05, 4.69) is 27.2 Å². The number of rotatable bonds is 8. The Morgan fingerprint density at radius 2 is 2.06 bits per heavy atom. The highest BCUT2D eigenvalue weighted by atomic mass is 16.5. The van der Waals surface area contributed by atoms with Gasteiger partial charge in [-0.1, -0.05) is 42.5 Å². The van der Waals surface area contributed by atoms with Crippen molar-refractivity contribution in [2.45, 2.75) is 25.4 Å².